The van der Waals surface area contributed by atoms with Crippen LogP contribution in [0.3, 0.4) is 0 Å². The Hall–Kier alpha value is -1.93. The first-order valence-electron chi connectivity index (χ1n) is 10.8. The van der Waals surface area contributed by atoms with Crippen molar-refractivity contribution < 1.29 is 9.59 Å². The lowest BCUT2D eigenvalue weighted by atomic mass is 9.63. The summed E-state index contributed by atoms with van der Waals surface area (Å²) in [6.45, 7) is 0.492. The molecule has 1 aromatic carbocycles. The number of likely N-dealkylation sites (N-methyl/N-ethyl adjacent to an activating group) is 1. The highest BCUT2D eigenvalue weighted by molar-refractivity contribution is 7.80. The van der Waals surface area contributed by atoms with Crippen LogP contribution in [0.2, 0.25) is 5.02 Å². The molecule has 3 heterocycles. The van der Waals surface area contributed by atoms with Gasteiger partial charge in [0.25, 0.3) is 5.91 Å². The van der Waals surface area contributed by atoms with E-state index in [0.717, 1.165) is 18.4 Å². The maximum absolute atomic E-state index is 14.4. The number of carbonyl (C=O) groups is 2. The summed E-state index contributed by atoms with van der Waals surface area (Å²) < 4.78 is 0. The van der Waals surface area contributed by atoms with Crippen LogP contribution in [0.15, 0.2) is 47.5 Å². The van der Waals surface area contributed by atoms with Crippen LogP contribution >= 0.6 is 35.4 Å². The minimum Gasteiger partial charge on any atom is -0.347 e. The molecule has 2 aliphatic carbocycles. The van der Waals surface area contributed by atoms with Gasteiger partial charge >= 0.3 is 0 Å². The van der Waals surface area contributed by atoms with Crippen LogP contribution in [0.5, 0.6) is 0 Å². The Labute approximate surface area is 201 Å². The molecule has 2 spiro atoms. The molecular weight excluding hydrogens is 467 g/mol. The van der Waals surface area contributed by atoms with Crippen molar-refractivity contribution in [2.75, 3.05) is 13.6 Å². The Kier molecular flexibility index (Phi) is 4.39. The van der Waals surface area contributed by atoms with Crippen molar-refractivity contribution in [3.8, 4) is 0 Å². The summed E-state index contributed by atoms with van der Waals surface area (Å²) in [6.07, 6.45) is 7.44. The van der Waals surface area contributed by atoms with E-state index in [-0.39, 0.29) is 35.7 Å². The average Bonchev–Trinajstić information content (AvgIpc) is 3.42. The average molecular weight is 489 g/mol. The predicted molar refractivity (Wildman–Crippen MR) is 126 cm³/mol. The van der Waals surface area contributed by atoms with Crippen molar-refractivity contribution in [1.29, 1.82) is 0 Å². The van der Waals surface area contributed by atoms with E-state index in [4.69, 9.17) is 35.4 Å². The van der Waals surface area contributed by atoms with Crippen LogP contribution in [0.25, 0.3) is 0 Å². The van der Waals surface area contributed by atoms with Gasteiger partial charge in [-0.2, -0.15) is 0 Å². The SMILES string of the molecule is CN1C[C@@H](c2cccc(Cl)c2)[C@]2(NC(=S)N(C3CC3)C2=O)[C@@]12C(=O)NC1C=CC(Cl)=C[C@H]12. The van der Waals surface area contributed by atoms with Crippen molar-refractivity contribution in [2.45, 2.75) is 41.9 Å². The van der Waals surface area contributed by atoms with Gasteiger partial charge < -0.3 is 10.6 Å². The molecule has 1 aromatic rings. The Morgan fingerprint density at radius 2 is 2.00 bits per heavy atom. The molecule has 6 nitrogen and oxygen atoms in total. The fourth-order valence-electron chi connectivity index (χ4n) is 6.37. The number of carbonyl (C=O) groups excluding carboxylic acids is 2. The monoisotopic (exact) mass is 488 g/mol. The van der Waals surface area contributed by atoms with Crippen LogP contribution < -0.4 is 10.6 Å². The molecule has 0 aromatic heterocycles. The molecule has 5 atom stereocenters. The Balaban J connectivity index is 1.61. The number of fused-ring (bicyclic) bond motifs is 3. The number of likely N-dealkylation sites (tertiary alicyclic amines) is 1. The van der Waals surface area contributed by atoms with Crippen molar-refractivity contribution in [3.63, 3.8) is 0 Å². The van der Waals surface area contributed by atoms with Gasteiger partial charge in [-0.05, 0) is 55.9 Å². The lowest BCUT2D eigenvalue weighted by molar-refractivity contribution is -0.143. The van der Waals surface area contributed by atoms with Crippen molar-refractivity contribution in [3.05, 3.63) is 58.1 Å². The summed E-state index contributed by atoms with van der Waals surface area (Å²) >= 11 is 18.5. The van der Waals surface area contributed by atoms with E-state index in [1.54, 1.807) is 11.0 Å². The second kappa shape index (κ2) is 6.79. The minimum atomic E-state index is -1.27. The molecule has 0 radical (unpaired) electrons. The van der Waals surface area contributed by atoms with Gasteiger partial charge in [0.1, 0.15) is 5.54 Å². The van der Waals surface area contributed by atoms with E-state index < -0.39 is 11.1 Å². The van der Waals surface area contributed by atoms with Gasteiger partial charge in [0.05, 0.1) is 6.04 Å². The highest BCUT2D eigenvalue weighted by Gasteiger charge is 2.79. The first-order chi connectivity index (χ1) is 15.3. The number of nitrogens with zero attached hydrogens (tertiary/aromatic N) is 2. The molecule has 32 heavy (non-hydrogen) atoms. The zero-order chi connectivity index (χ0) is 22.4. The number of thiocarbonyl (C=S) groups is 1. The number of nitrogens with one attached hydrogen (secondary N) is 2. The molecule has 1 unspecified atom stereocenters. The second-order valence-corrected chi connectivity index (χ2v) is 10.6. The fourth-order valence-corrected chi connectivity index (χ4v) is 7.17. The topological polar surface area (TPSA) is 64.7 Å². The number of allylic oxidation sites excluding steroid dienone is 2. The van der Waals surface area contributed by atoms with Crippen molar-refractivity contribution in [2.24, 2.45) is 5.92 Å². The third kappa shape index (κ3) is 2.43. The lowest BCUT2D eigenvalue weighted by Crippen LogP contribution is -2.72. The first-order valence-corrected chi connectivity index (χ1v) is 12.0. The molecule has 5 aliphatic rings. The molecule has 3 aliphatic heterocycles. The normalized spacial score (nSPS) is 38.5. The molecule has 6 rings (SSSR count). The highest BCUT2D eigenvalue weighted by atomic mass is 35.5. The molecule has 1 saturated carbocycles. The molecule has 0 bridgehead atoms. The summed E-state index contributed by atoms with van der Waals surface area (Å²) in [7, 11) is 1.91. The molecule has 2 amide bonds. The highest BCUT2D eigenvalue weighted by Crippen LogP contribution is 2.57. The Bertz CT molecular complexity index is 1130. The van der Waals surface area contributed by atoms with Crippen molar-refractivity contribution >= 4 is 52.3 Å². The summed E-state index contributed by atoms with van der Waals surface area (Å²) in [4.78, 5) is 32.0. The molecule has 3 saturated heterocycles. The zero-order valence-corrected chi connectivity index (χ0v) is 19.7. The van der Waals surface area contributed by atoms with Gasteiger partial charge in [-0.3, -0.25) is 19.4 Å². The molecule has 4 fully saturated rings. The minimum absolute atomic E-state index is 0.0930. The number of hydrogen-bond donors (Lipinski definition) is 2. The third-order valence-corrected chi connectivity index (χ3v) is 8.53. The van der Waals surface area contributed by atoms with E-state index in [0.29, 0.717) is 21.7 Å². The second-order valence-electron chi connectivity index (χ2n) is 9.33. The van der Waals surface area contributed by atoms with E-state index >= 15 is 0 Å². The standard InChI is InChI=1S/C23H22Cl2N4O2S/c1-28-11-17(12-3-2-4-13(24)9-12)22(20(31)29(15-6-7-15)21(32)27-22)23(28)16-10-14(25)5-8-18(16)26-19(23)30/h2-5,8-10,15-18H,6-7,11H2,1H3,(H,26,30)(H,27,32)/t16-,17+,18?,22-,23-/m1/s1. The summed E-state index contributed by atoms with van der Waals surface area (Å²) in [6, 6.07) is 7.38. The van der Waals surface area contributed by atoms with Crippen LogP contribution in [0, 0.1) is 5.92 Å². The number of rotatable bonds is 2. The van der Waals surface area contributed by atoms with Gasteiger partial charge in [0.15, 0.2) is 10.7 Å². The van der Waals surface area contributed by atoms with Gasteiger partial charge in [-0.1, -0.05) is 47.5 Å². The van der Waals surface area contributed by atoms with Gasteiger partial charge in [0, 0.05) is 34.5 Å². The molecular formula is C23H22Cl2N4O2S. The van der Waals surface area contributed by atoms with Crippen molar-refractivity contribution in [1.82, 2.24) is 20.4 Å². The van der Waals surface area contributed by atoms with E-state index in [1.807, 2.05) is 48.4 Å². The fraction of sp³-hybridized carbons (Fsp3) is 0.435. The Morgan fingerprint density at radius 1 is 1.22 bits per heavy atom. The van der Waals surface area contributed by atoms with Crippen LogP contribution in [-0.4, -0.2) is 63.5 Å². The lowest BCUT2D eigenvalue weighted by Gasteiger charge is -2.45. The van der Waals surface area contributed by atoms with E-state index in [2.05, 4.69) is 10.6 Å². The van der Waals surface area contributed by atoms with Crippen LogP contribution in [0.4, 0.5) is 0 Å². The quantitative estimate of drug-likeness (QED) is 0.626. The summed E-state index contributed by atoms with van der Waals surface area (Å²) in [5, 5.41) is 8.09. The predicted octanol–water partition coefficient (Wildman–Crippen LogP) is 2.53. The molecule has 2 N–H and O–H groups in total. The number of amides is 2. The zero-order valence-electron chi connectivity index (χ0n) is 17.3. The van der Waals surface area contributed by atoms with Crippen LogP contribution in [-0.2, 0) is 9.59 Å². The summed E-state index contributed by atoms with van der Waals surface area (Å²) in [5.41, 5.74) is -1.56. The number of hydrogen-bond acceptors (Lipinski definition) is 4. The smallest absolute Gasteiger partial charge is 0.257 e. The molecule has 166 valence electrons. The number of halogens is 2. The van der Waals surface area contributed by atoms with E-state index in [1.165, 1.54) is 0 Å². The van der Waals surface area contributed by atoms with Crippen LogP contribution in [0.1, 0.15) is 24.3 Å². The van der Waals surface area contributed by atoms with Gasteiger partial charge in [0.2, 0.25) is 5.91 Å². The maximum Gasteiger partial charge on any atom is 0.257 e. The first kappa shape index (κ1) is 20.7. The number of benzene rings is 1. The van der Waals surface area contributed by atoms with Gasteiger partial charge in [-0.15, -0.1) is 0 Å². The largest absolute Gasteiger partial charge is 0.347 e. The Morgan fingerprint density at radius 3 is 2.72 bits per heavy atom. The maximum atomic E-state index is 14.4. The van der Waals surface area contributed by atoms with Gasteiger partial charge in [-0.25, -0.2) is 0 Å². The van der Waals surface area contributed by atoms with E-state index in [9.17, 15) is 9.59 Å². The summed E-state index contributed by atoms with van der Waals surface area (Å²) in [5.74, 6) is -0.981. The molecule has 9 heteroatoms. The third-order valence-electron chi connectivity index (χ3n) is 7.74.